The van der Waals surface area contributed by atoms with Gasteiger partial charge in [-0.1, -0.05) is 29.3 Å². The Morgan fingerprint density at radius 3 is 2.53 bits per heavy atom. The molecule has 0 saturated carbocycles. The largest absolute Gasteiger partial charge is 0.490 e. The van der Waals surface area contributed by atoms with Crippen LogP contribution in [-0.2, 0) is 11.4 Å². The molecule has 38 heavy (non-hydrogen) atoms. The fraction of sp³-hybridized carbons (Fsp3) is 0.148. The molecule has 1 N–H and O–H groups in total. The van der Waals surface area contributed by atoms with Crippen LogP contribution in [0.3, 0.4) is 0 Å². The zero-order valence-corrected chi connectivity index (χ0v) is 24.7. The number of halogens is 3. The summed E-state index contributed by atoms with van der Waals surface area (Å²) in [4.78, 5) is 30.5. The number of carboxylic acid groups (broad SMARTS) is 1. The molecular formula is C27H21Cl2IN2O5S. The van der Waals surface area contributed by atoms with Crippen LogP contribution in [0.1, 0.15) is 28.4 Å². The number of carboxylic acids is 1. The lowest BCUT2D eigenvalue weighted by Gasteiger charge is -2.15. The van der Waals surface area contributed by atoms with Crippen LogP contribution in [0.4, 0.5) is 5.69 Å². The summed E-state index contributed by atoms with van der Waals surface area (Å²) in [5, 5.41) is 10.6. The molecule has 0 aliphatic carbocycles. The van der Waals surface area contributed by atoms with E-state index in [9.17, 15) is 9.59 Å². The molecule has 1 saturated heterocycles. The third kappa shape index (κ3) is 6.63. The van der Waals surface area contributed by atoms with E-state index >= 15 is 0 Å². The minimum absolute atomic E-state index is 0.168. The van der Waals surface area contributed by atoms with Crippen LogP contribution in [0, 0.1) is 3.57 Å². The van der Waals surface area contributed by atoms with Crippen molar-refractivity contribution in [3.05, 3.63) is 89.8 Å². The Bertz CT molecular complexity index is 1460. The van der Waals surface area contributed by atoms with Crippen molar-refractivity contribution in [3.8, 4) is 11.5 Å². The Morgan fingerprint density at radius 2 is 1.87 bits per heavy atom. The van der Waals surface area contributed by atoms with E-state index in [1.54, 1.807) is 37.4 Å². The third-order valence-electron chi connectivity index (χ3n) is 5.36. The first kappa shape index (κ1) is 28.3. The average Bonchev–Trinajstić information content (AvgIpc) is 3.12. The highest BCUT2D eigenvalue weighted by atomic mass is 127. The van der Waals surface area contributed by atoms with Gasteiger partial charge in [-0.05, 0) is 101 Å². The van der Waals surface area contributed by atoms with Crippen molar-refractivity contribution < 1.29 is 24.2 Å². The van der Waals surface area contributed by atoms with Crippen LogP contribution in [0.2, 0.25) is 10.0 Å². The van der Waals surface area contributed by atoms with Crippen molar-refractivity contribution in [1.82, 2.24) is 4.90 Å². The van der Waals surface area contributed by atoms with Crippen LogP contribution in [0.5, 0.6) is 11.5 Å². The zero-order chi connectivity index (χ0) is 27.4. The van der Waals surface area contributed by atoms with Crippen LogP contribution < -0.4 is 9.47 Å². The molecule has 1 aliphatic rings. The second-order valence-electron chi connectivity index (χ2n) is 8.01. The molecule has 11 heteroatoms. The summed E-state index contributed by atoms with van der Waals surface area (Å²) in [6.07, 6.45) is 1.78. The summed E-state index contributed by atoms with van der Waals surface area (Å²) in [5.41, 5.74) is 2.28. The number of carbonyl (C=O) groups excluding carboxylic acids is 1. The van der Waals surface area contributed by atoms with Gasteiger partial charge < -0.3 is 14.6 Å². The number of hydrogen-bond acceptors (Lipinski definition) is 6. The first-order valence-electron chi connectivity index (χ1n) is 11.3. The lowest BCUT2D eigenvalue weighted by Crippen LogP contribution is -2.23. The number of carbonyl (C=O) groups is 2. The molecule has 0 bridgehead atoms. The van der Waals surface area contributed by atoms with E-state index in [0.29, 0.717) is 43.9 Å². The van der Waals surface area contributed by atoms with Gasteiger partial charge in [-0.2, -0.15) is 0 Å². The Kier molecular flexibility index (Phi) is 9.24. The normalized spacial score (nSPS) is 15.4. The number of amidine groups is 1. The van der Waals surface area contributed by atoms with E-state index < -0.39 is 5.97 Å². The zero-order valence-electron chi connectivity index (χ0n) is 20.2. The highest BCUT2D eigenvalue weighted by Gasteiger charge is 2.30. The minimum atomic E-state index is -1.01. The molecule has 3 aromatic carbocycles. The standard InChI is InChI=1S/C27H21Cl2IN2O5S/c1-3-36-22-11-15(10-21(30)24(22)37-14-17-4-7-18(28)13-20(17)29)12-23-25(33)32(2)27(38-23)31-19-8-5-16(6-9-19)26(34)35/h4-13H,3,14H2,1-2H3,(H,34,35)/b23-12-,31-27?. The maximum absolute atomic E-state index is 12.9. The molecule has 7 nitrogen and oxygen atoms in total. The van der Waals surface area contributed by atoms with Gasteiger partial charge in [0.15, 0.2) is 16.7 Å². The number of hydrogen-bond donors (Lipinski definition) is 1. The number of aromatic carboxylic acids is 1. The van der Waals surface area contributed by atoms with Gasteiger partial charge in [-0.25, -0.2) is 9.79 Å². The van der Waals surface area contributed by atoms with Crippen molar-refractivity contribution >= 4 is 86.4 Å². The van der Waals surface area contributed by atoms with Crippen molar-refractivity contribution in [3.63, 3.8) is 0 Å². The van der Waals surface area contributed by atoms with E-state index in [1.807, 2.05) is 25.1 Å². The Hall–Kier alpha value is -2.73. The second kappa shape index (κ2) is 12.4. The highest BCUT2D eigenvalue weighted by Crippen LogP contribution is 2.38. The van der Waals surface area contributed by atoms with Crippen LogP contribution in [-0.4, -0.2) is 40.7 Å². The average molecular weight is 683 g/mol. The van der Waals surface area contributed by atoms with Gasteiger partial charge in [0.2, 0.25) is 0 Å². The molecule has 1 heterocycles. The Morgan fingerprint density at radius 1 is 1.13 bits per heavy atom. The van der Waals surface area contributed by atoms with Gasteiger partial charge in [-0.15, -0.1) is 0 Å². The van der Waals surface area contributed by atoms with E-state index in [4.69, 9.17) is 37.8 Å². The van der Waals surface area contributed by atoms with Crippen molar-refractivity contribution in [1.29, 1.82) is 0 Å². The summed E-state index contributed by atoms with van der Waals surface area (Å²) < 4.78 is 12.7. The molecule has 3 aromatic rings. The Labute approximate surface area is 247 Å². The maximum atomic E-state index is 12.9. The lowest BCUT2D eigenvalue weighted by atomic mass is 10.1. The third-order valence-corrected chi connectivity index (χ3v) is 7.81. The summed E-state index contributed by atoms with van der Waals surface area (Å²) in [6, 6.07) is 15.1. The van der Waals surface area contributed by atoms with Crippen molar-refractivity contribution in [2.24, 2.45) is 4.99 Å². The summed E-state index contributed by atoms with van der Waals surface area (Å²) in [6.45, 7) is 2.55. The van der Waals surface area contributed by atoms with Crippen molar-refractivity contribution in [2.45, 2.75) is 13.5 Å². The molecule has 0 radical (unpaired) electrons. The monoisotopic (exact) mass is 682 g/mol. The van der Waals surface area contributed by atoms with E-state index in [1.165, 1.54) is 28.8 Å². The van der Waals surface area contributed by atoms with Crippen molar-refractivity contribution in [2.75, 3.05) is 13.7 Å². The summed E-state index contributed by atoms with van der Waals surface area (Å²) >= 11 is 15.7. The SMILES string of the molecule is CCOc1cc(/C=C2\SC(=Nc3ccc(C(=O)O)cc3)N(C)C2=O)cc(I)c1OCc1ccc(Cl)cc1Cl. The number of amides is 1. The fourth-order valence-electron chi connectivity index (χ4n) is 3.45. The topological polar surface area (TPSA) is 88.4 Å². The van der Waals surface area contributed by atoms with E-state index in [2.05, 4.69) is 27.6 Å². The first-order valence-corrected chi connectivity index (χ1v) is 13.9. The predicted molar refractivity (Wildman–Crippen MR) is 160 cm³/mol. The van der Waals surface area contributed by atoms with Gasteiger partial charge in [0, 0.05) is 22.7 Å². The van der Waals surface area contributed by atoms with E-state index in [0.717, 1.165) is 14.7 Å². The van der Waals surface area contributed by atoms with Gasteiger partial charge in [0.1, 0.15) is 6.61 Å². The molecule has 1 fully saturated rings. The van der Waals surface area contributed by atoms with Gasteiger partial charge >= 0.3 is 5.97 Å². The molecule has 4 rings (SSSR count). The smallest absolute Gasteiger partial charge is 0.335 e. The first-order chi connectivity index (χ1) is 18.2. The van der Waals surface area contributed by atoms with E-state index in [-0.39, 0.29) is 18.1 Å². The number of aliphatic imine (C=N–C) groups is 1. The van der Waals surface area contributed by atoms with Crippen LogP contribution in [0.15, 0.2) is 64.5 Å². The van der Waals surface area contributed by atoms with Gasteiger partial charge in [0.05, 0.1) is 26.3 Å². The quantitative estimate of drug-likeness (QED) is 0.196. The minimum Gasteiger partial charge on any atom is -0.490 e. The highest BCUT2D eigenvalue weighted by molar-refractivity contribution is 14.1. The van der Waals surface area contributed by atoms with Gasteiger partial charge in [-0.3, -0.25) is 9.69 Å². The number of benzene rings is 3. The number of likely N-dealkylation sites (N-methyl/N-ethyl adjacent to an activating group) is 1. The summed E-state index contributed by atoms with van der Waals surface area (Å²) in [7, 11) is 1.65. The predicted octanol–water partition coefficient (Wildman–Crippen LogP) is 7.51. The maximum Gasteiger partial charge on any atom is 0.335 e. The molecule has 0 spiro atoms. The number of ether oxygens (including phenoxy) is 2. The lowest BCUT2D eigenvalue weighted by molar-refractivity contribution is -0.121. The molecule has 0 atom stereocenters. The van der Waals surface area contributed by atoms with Crippen LogP contribution in [0.25, 0.3) is 6.08 Å². The number of nitrogens with zero attached hydrogens (tertiary/aromatic N) is 2. The molecule has 0 unspecified atom stereocenters. The molecule has 196 valence electrons. The molecule has 1 amide bonds. The number of thioether (sulfide) groups is 1. The summed E-state index contributed by atoms with van der Waals surface area (Å²) in [5.74, 6) is -0.0764. The molecule has 1 aliphatic heterocycles. The second-order valence-corrected chi connectivity index (χ2v) is 11.0. The number of rotatable bonds is 8. The molecule has 0 aromatic heterocycles. The Balaban J connectivity index is 1.58. The van der Waals surface area contributed by atoms with Crippen LogP contribution >= 0.6 is 57.6 Å². The van der Waals surface area contributed by atoms with Gasteiger partial charge in [0.25, 0.3) is 5.91 Å². The fourth-order valence-corrected chi connectivity index (χ4v) is 5.69. The molecular weight excluding hydrogens is 662 g/mol.